The van der Waals surface area contributed by atoms with Crippen LogP contribution in [-0.2, 0) is 9.53 Å². The third kappa shape index (κ3) is 4.45. The zero-order valence-corrected chi connectivity index (χ0v) is 9.00. The number of ether oxygens (including phenoxy) is 1. The average molecular weight is 196 g/mol. The smallest absolute Gasteiger partial charge is 0.306 e. The van der Waals surface area contributed by atoms with Crippen LogP contribution in [0.1, 0.15) is 51.9 Å². The van der Waals surface area contributed by atoms with Crippen LogP contribution in [0.4, 0.5) is 0 Å². The predicted octanol–water partition coefficient (Wildman–Crippen LogP) is 3.22. The monoisotopic (exact) mass is 196 g/mol. The number of unbranched alkanes of at least 4 members (excludes halogenated alkanes) is 1. The molecule has 0 bridgehead atoms. The molecule has 0 N–H and O–H groups in total. The van der Waals surface area contributed by atoms with E-state index in [2.05, 4.69) is 6.08 Å². The minimum atomic E-state index is -0.0126. The predicted molar refractivity (Wildman–Crippen MR) is 57.0 cm³/mol. The third-order valence-corrected chi connectivity index (χ3v) is 2.59. The lowest BCUT2D eigenvalue weighted by Crippen LogP contribution is -2.14. The first kappa shape index (κ1) is 11.3. The molecule has 0 aliphatic heterocycles. The SMILES string of the molecule is CC=CCCCC(=O)OC1CCCC1. The number of carbonyl (C=O) groups is 1. The highest BCUT2D eigenvalue weighted by atomic mass is 16.5. The van der Waals surface area contributed by atoms with Gasteiger partial charge in [0.2, 0.25) is 0 Å². The van der Waals surface area contributed by atoms with Crippen LogP contribution in [0.3, 0.4) is 0 Å². The summed E-state index contributed by atoms with van der Waals surface area (Å²) in [5, 5.41) is 0. The summed E-state index contributed by atoms with van der Waals surface area (Å²) >= 11 is 0. The molecule has 0 aromatic rings. The molecule has 1 fully saturated rings. The van der Waals surface area contributed by atoms with Gasteiger partial charge in [0.1, 0.15) is 6.10 Å². The maximum absolute atomic E-state index is 11.3. The van der Waals surface area contributed by atoms with Gasteiger partial charge in [0, 0.05) is 6.42 Å². The molecule has 0 aromatic carbocycles. The molecule has 1 aliphatic rings. The molecule has 14 heavy (non-hydrogen) atoms. The molecule has 1 saturated carbocycles. The van der Waals surface area contributed by atoms with E-state index >= 15 is 0 Å². The van der Waals surface area contributed by atoms with Crippen LogP contribution in [-0.4, -0.2) is 12.1 Å². The fraction of sp³-hybridized carbons (Fsp3) is 0.750. The Kier molecular flexibility index (Phi) is 5.35. The van der Waals surface area contributed by atoms with Crippen LogP contribution >= 0.6 is 0 Å². The van der Waals surface area contributed by atoms with E-state index in [1.807, 2.05) is 13.0 Å². The Balaban J connectivity index is 2.03. The molecule has 1 aliphatic carbocycles. The lowest BCUT2D eigenvalue weighted by Gasteiger charge is -2.10. The normalized spacial score (nSPS) is 17.8. The first-order valence-corrected chi connectivity index (χ1v) is 5.63. The van der Waals surface area contributed by atoms with Crippen molar-refractivity contribution in [1.29, 1.82) is 0 Å². The van der Waals surface area contributed by atoms with E-state index < -0.39 is 0 Å². The standard InChI is InChI=1S/C12H20O2/c1-2-3-4-5-10-12(13)14-11-8-6-7-9-11/h2-3,11H,4-10H2,1H3. The summed E-state index contributed by atoms with van der Waals surface area (Å²) in [6, 6.07) is 0. The first-order valence-electron chi connectivity index (χ1n) is 5.63. The van der Waals surface area contributed by atoms with Crippen molar-refractivity contribution >= 4 is 5.97 Å². The van der Waals surface area contributed by atoms with Gasteiger partial charge in [0.05, 0.1) is 0 Å². The van der Waals surface area contributed by atoms with Gasteiger partial charge in [-0.3, -0.25) is 4.79 Å². The maximum atomic E-state index is 11.3. The average Bonchev–Trinajstić information content (AvgIpc) is 2.65. The highest BCUT2D eigenvalue weighted by Gasteiger charge is 2.18. The second-order valence-corrected chi connectivity index (χ2v) is 3.86. The van der Waals surface area contributed by atoms with Crippen molar-refractivity contribution in [2.24, 2.45) is 0 Å². The van der Waals surface area contributed by atoms with Crippen molar-refractivity contribution in [1.82, 2.24) is 0 Å². The molecule has 0 atom stereocenters. The molecule has 1 rings (SSSR count). The molecular formula is C12H20O2. The summed E-state index contributed by atoms with van der Waals surface area (Å²) in [6.07, 6.45) is 11.4. The van der Waals surface area contributed by atoms with E-state index in [4.69, 9.17) is 4.74 Å². The van der Waals surface area contributed by atoms with Gasteiger partial charge in [-0.1, -0.05) is 12.2 Å². The van der Waals surface area contributed by atoms with Gasteiger partial charge < -0.3 is 4.74 Å². The largest absolute Gasteiger partial charge is 0.462 e. The fourth-order valence-corrected chi connectivity index (χ4v) is 1.78. The highest BCUT2D eigenvalue weighted by molar-refractivity contribution is 5.69. The van der Waals surface area contributed by atoms with Gasteiger partial charge in [-0.2, -0.15) is 0 Å². The van der Waals surface area contributed by atoms with Crippen LogP contribution in [0.2, 0.25) is 0 Å². The third-order valence-electron chi connectivity index (χ3n) is 2.59. The lowest BCUT2D eigenvalue weighted by atomic mass is 10.2. The Labute approximate surface area is 86.3 Å². The van der Waals surface area contributed by atoms with E-state index in [0.29, 0.717) is 6.42 Å². The minimum absolute atomic E-state index is 0.0126. The van der Waals surface area contributed by atoms with E-state index in [9.17, 15) is 4.79 Å². The van der Waals surface area contributed by atoms with Gasteiger partial charge in [-0.15, -0.1) is 0 Å². The second kappa shape index (κ2) is 6.63. The summed E-state index contributed by atoms with van der Waals surface area (Å²) < 4.78 is 5.33. The van der Waals surface area contributed by atoms with E-state index in [1.54, 1.807) is 0 Å². The number of esters is 1. The summed E-state index contributed by atoms with van der Waals surface area (Å²) in [6.45, 7) is 2.00. The quantitative estimate of drug-likeness (QED) is 0.383. The van der Waals surface area contributed by atoms with Crippen LogP contribution in [0.5, 0.6) is 0 Å². The molecule has 2 heteroatoms. The number of rotatable bonds is 5. The van der Waals surface area contributed by atoms with Gasteiger partial charge >= 0.3 is 5.97 Å². The van der Waals surface area contributed by atoms with Crippen LogP contribution < -0.4 is 0 Å². The zero-order valence-electron chi connectivity index (χ0n) is 9.00. The molecule has 2 nitrogen and oxygen atoms in total. The molecule has 0 spiro atoms. The van der Waals surface area contributed by atoms with Crippen LogP contribution in [0, 0.1) is 0 Å². The Morgan fingerprint density at radius 2 is 2.14 bits per heavy atom. The van der Waals surface area contributed by atoms with Gasteiger partial charge in [0.15, 0.2) is 0 Å². The van der Waals surface area contributed by atoms with Gasteiger partial charge in [-0.25, -0.2) is 0 Å². The zero-order chi connectivity index (χ0) is 10.2. The molecule has 0 saturated heterocycles. The number of carbonyl (C=O) groups excluding carboxylic acids is 1. The van der Waals surface area contributed by atoms with Crippen molar-refractivity contribution in [2.75, 3.05) is 0 Å². The highest BCUT2D eigenvalue weighted by Crippen LogP contribution is 2.21. The van der Waals surface area contributed by atoms with Crippen LogP contribution in [0.15, 0.2) is 12.2 Å². The topological polar surface area (TPSA) is 26.3 Å². The second-order valence-electron chi connectivity index (χ2n) is 3.86. The fourth-order valence-electron chi connectivity index (χ4n) is 1.78. The first-order chi connectivity index (χ1) is 6.83. The van der Waals surface area contributed by atoms with Crippen molar-refractivity contribution in [3.8, 4) is 0 Å². The van der Waals surface area contributed by atoms with Crippen molar-refractivity contribution in [3.05, 3.63) is 12.2 Å². The molecule has 0 heterocycles. The Morgan fingerprint density at radius 3 is 2.79 bits per heavy atom. The Morgan fingerprint density at radius 1 is 1.43 bits per heavy atom. The Hall–Kier alpha value is -0.790. The number of allylic oxidation sites excluding steroid dienone is 2. The van der Waals surface area contributed by atoms with Crippen LogP contribution in [0.25, 0.3) is 0 Å². The van der Waals surface area contributed by atoms with Gasteiger partial charge in [-0.05, 0) is 45.4 Å². The minimum Gasteiger partial charge on any atom is -0.462 e. The van der Waals surface area contributed by atoms with Crippen molar-refractivity contribution in [2.45, 2.75) is 58.0 Å². The summed E-state index contributed by atoms with van der Waals surface area (Å²) in [5.41, 5.74) is 0. The molecular weight excluding hydrogens is 176 g/mol. The van der Waals surface area contributed by atoms with Crippen molar-refractivity contribution in [3.63, 3.8) is 0 Å². The van der Waals surface area contributed by atoms with Gasteiger partial charge in [0.25, 0.3) is 0 Å². The Bertz CT molecular complexity index is 190. The maximum Gasteiger partial charge on any atom is 0.306 e. The molecule has 0 radical (unpaired) electrons. The molecule has 80 valence electrons. The number of hydrogen-bond acceptors (Lipinski definition) is 2. The molecule has 0 unspecified atom stereocenters. The molecule has 0 aromatic heterocycles. The van der Waals surface area contributed by atoms with E-state index in [1.165, 1.54) is 12.8 Å². The summed E-state index contributed by atoms with van der Waals surface area (Å²) in [4.78, 5) is 11.3. The summed E-state index contributed by atoms with van der Waals surface area (Å²) in [7, 11) is 0. The summed E-state index contributed by atoms with van der Waals surface area (Å²) in [5.74, 6) is -0.0126. The molecule has 0 amide bonds. The van der Waals surface area contributed by atoms with E-state index in [-0.39, 0.29) is 12.1 Å². The number of hydrogen-bond donors (Lipinski definition) is 0. The van der Waals surface area contributed by atoms with E-state index in [0.717, 1.165) is 25.7 Å². The lowest BCUT2D eigenvalue weighted by molar-refractivity contribution is -0.148. The van der Waals surface area contributed by atoms with Crippen molar-refractivity contribution < 1.29 is 9.53 Å².